The molecule has 28 heavy (non-hydrogen) atoms. The van der Waals surface area contributed by atoms with Crippen molar-refractivity contribution in [3.63, 3.8) is 0 Å². The summed E-state index contributed by atoms with van der Waals surface area (Å²) in [6.45, 7) is 1.44. The van der Waals surface area contributed by atoms with E-state index in [9.17, 15) is 4.79 Å². The highest BCUT2D eigenvalue weighted by atomic mass is 32.1. The van der Waals surface area contributed by atoms with Crippen molar-refractivity contribution in [1.82, 2.24) is 15.1 Å². The molecule has 0 aliphatic rings. The number of nitrogens with one attached hydrogen (secondary N) is 1. The lowest BCUT2D eigenvalue weighted by molar-refractivity contribution is -0.117. The normalized spacial score (nSPS) is 10.8. The Bertz CT molecular complexity index is 949. The summed E-state index contributed by atoms with van der Waals surface area (Å²) in [4.78, 5) is 15.2. The van der Waals surface area contributed by atoms with Gasteiger partial charge >= 0.3 is 0 Å². The smallest absolute Gasteiger partial charge is 0.257 e. The summed E-state index contributed by atoms with van der Waals surface area (Å²) >= 11 is 1.52. The first-order valence-electron chi connectivity index (χ1n) is 8.55. The molecule has 0 aliphatic carbocycles. The first kappa shape index (κ1) is 19.7. The minimum Gasteiger partial charge on any atom is -0.419 e. The van der Waals surface area contributed by atoms with Crippen molar-refractivity contribution < 1.29 is 13.9 Å². The van der Waals surface area contributed by atoms with Gasteiger partial charge in [0.05, 0.1) is 36.2 Å². The van der Waals surface area contributed by atoms with E-state index in [1.807, 2.05) is 22.4 Å². The lowest BCUT2D eigenvalue weighted by atomic mass is 10.2. The van der Waals surface area contributed by atoms with Gasteiger partial charge in [0.25, 0.3) is 5.89 Å². The molecule has 144 valence electrons. The van der Waals surface area contributed by atoms with E-state index in [0.29, 0.717) is 42.7 Å². The highest BCUT2D eigenvalue weighted by Gasteiger charge is 2.16. The quantitative estimate of drug-likeness (QED) is 0.592. The molecule has 0 radical (unpaired) electrons. The van der Waals surface area contributed by atoms with Crippen LogP contribution in [0.15, 0.2) is 46.2 Å². The van der Waals surface area contributed by atoms with Crippen molar-refractivity contribution in [3.8, 4) is 16.8 Å². The maximum absolute atomic E-state index is 12.4. The van der Waals surface area contributed by atoms with Crippen molar-refractivity contribution in [2.75, 3.05) is 32.1 Å². The van der Waals surface area contributed by atoms with Gasteiger partial charge in [-0.3, -0.25) is 9.69 Å². The third kappa shape index (κ3) is 5.47. The molecule has 9 heteroatoms. The standard InChI is InChI=1S/C19H19N5O3S/c1-26-8-7-24(12-17(25)21-15-5-2-4-14(10-15)11-20)13-18-22-23-19(27-18)16-6-3-9-28-16/h2-6,9-10H,7-8,12-13H2,1H3,(H,21,25). The van der Waals surface area contributed by atoms with E-state index in [4.69, 9.17) is 14.4 Å². The van der Waals surface area contributed by atoms with Gasteiger partial charge < -0.3 is 14.5 Å². The molecule has 0 saturated heterocycles. The van der Waals surface area contributed by atoms with Crippen LogP contribution in [-0.2, 0) is 16.1 Å². The van der Waals surface area contributed by atoms with Gasteiger partial charge in [-0.15, -0.1) is 21.5 Å². The first-order chi connectivity index (χ1) is 13.7. The number of nitriles is 1. The fraction of sp³-hybridized carbons (Fsp3) is 0.263. The van der Waals surface area contributed by atoms with Crippen LogP contribution in [0.2, 0.25) is 0 Å². The number of hydrogen-bond donors (Lipinski definition) is 1. The molecule has 0 saturated carbocycles. The topological polar surface area (TPSA) is 104 Å². The number of amides is 1. The predicted octanol–water partition coefficient (Wildman–Crippen LogP) is 2.76. The second-order valence-corrected chi connectivity index (χ2v) is 6.87. The van der Waals surface area contributed by atoms with E-state index in [2.05, 4.69) is 21.6 Å². The Labute approximate surface area is 166 Å². The molecule has 3 rings (SSSR count). The molecule has 0 fully saturated rings. The summed E-state index contributed by atoms with van der Waals surface area (Å²) in [7, 11) is 1.60. The predicted molar refractivity (Wildman–Crippen MR) is 105 cm³/mol. The zero-order chi connectivity index (χ0) is 19.8. The number of nitrogens with zero attached hydrogens (tertiary/aromatic N) is 4. The van der Waals surface area contributed by atoms with Crippen LogP contribution in [0, 0.1) is 11.3 Å². The maximum Gasteiger partial charge on any atom is 0.257 e. The summed E-state index contributed by atoms with van der Waals surface area (Å²) in [6, 6.07) is 12.7. The van der Waals surface area contributed by atoms with Crippen LogP contribution in [-0.4, -0.2) is 47.8 Å². The third-order valence-electron chi connectivity index (χ3n) is 3.81. The number of aromatic nitrogens is 2. The number of thiophene rings is 1. The molecule has 1 N–H and O–H groups in total. The molecule has 0 aliphatic heterocycles. The van der Waals surface area contributed by atoms with Crippen molar-refractivity contribution in [3.05, 3.63) is 53.2 Å². The highest BCUT2D eigenvalue weighted by Crippen LogP contribution is 2.23. The van der Waals surface area contributed by atoms with Crippen LogP contribution < -0.4 is 5.32 Å². The monoisotopic (exact) mass is 397 g/mol. The second kappa shape index (κ2) is 9.75. The van der Waals surface area contributed by atoms with Gasteiger partial charge in [0, 0.05) is 19.3 Å². The molecule has 8 nitrogen and oxygen atoms in total. The fourth-order valence-corrected chi connectivity index (χ4v) is 3.16. The lowest BCUT2D eigenvalue weighted by Gasteiger charge is -2.19. The zero-order valence-electron chi connectivity index (χ0n) is 15.3. The Morgan fingerprint density at radius 3 is 3.00 bits per heavy atom. The molecule has 2 heterocycles. The molecule has 2 aromatic heterocycles. The molecule has 0 atom stereocenters. The number of rotatable bonds is 9. The molecule has 0 unspecified atom stereocenters. The van der Waals surface area contributed by atoms with Crippen molar-refractivity contribution >= 4 is 22.9 Å². The van der Waals surface area contributed by atoms with Crippen molar-refractivity contribution in [2.24, 2.45) is 0 Å². The number of benzene rings is 1. The van der Waals surface area contributed by atoms with Crippen molar-refractivity contribution in [1.29, 1.82) is 5.26 Å². The molecule has 1 amide bonds. The lowest BCUT2D eigenvalue weighted by Crippen LogP contribution is -2.35. The van der Waals surface area contributed by atoms with Crippen LogP contribution in [0.3, 0.4) is 0 Å². The number of ether oxygens (including phenoxy) is 1. The molecule has 3 aromatic rings. The van der Waals surface area contributed by atoms with E-state index in [0.717, 1.165) is 4.88 Å². The van der Waals surface area contributed by atoms with E-state index in [-0.39, 0.29) is 12.5 Å². The highest BCUT2D eigenvalue weighted by molar-refractivity contribution is 7.13. The fourth-order valence-electron chi connectivity index (χ4n) is 2.51. The Morgan fingerprint density at radius 2 is 2.25 bits per heavy atom. The third-order valence-corrected chi connectivity index (χ3v) is 4.67. The summed E-state index contributed by atoms with van der Waals surface area (Å²) in [6.07, 6.45) is 0. The number of anilines is 1. The van der Waals surface area contributed by atoms with E-state index < -0.39 is 0 Å². The van der Waals surface area contributed by atoms with E-state index >= 15 is 0 Å². The van der Waals surface area contributed by atoms with Crippen molar-refractivity contribution in [2.45, 2.75) is 6.54 Å². The second-order valence-electron chi connectivity index (χ2n) is 5.92. The molecule has 0 bridgehead atoms. The summed E-state index contributed by atoms with van der Waals surface area (Å²) < 4.78 is 10.8. The molecular weight excluding hydrogens is 378 g/mol. The number of methoxy groups -OCH3 is 1. The van der Waals surface area contributed by atoms with Crippen LogP contribution in [0.25, 0.3) is 10.8 Å². The van der Waals surface area contributed by atoms with Gasteiger partial charge in [-0.1, -0.05) is 12.1 Å². The Morgan fingerprint density at radius 1 is 1.36 bits per heavy atom. The Kier molecular flexibility index (Phi) is 6.86. The molecule has 0 spiro atoms. The van der Waals surface area contributed by atoms with Gasteiger partial charge in [0.15, 0.2) is 0 Å². The first-order valence-corrected chi connectivity index (χ1v) is 9.43. The van der Waals surface area contributed by atoms with E-state index in [1.54, 1.807) is 31.4 Å². The number of hydrogen-bond acceptors (Lipinski definition) is 8. The van der Waals surface area contributed by atoms with Gasteiger partial charge in [-0.25, -0.2) is 0 Å². The molecular formula is C19H19N5O3S. The minimum atomic E-state index is -0.204. The van der Waals surface area contributed by atoms with Crippen LogP contribution in [0.4, 0.5) is 5.69 Å². The SMILES string of the molecule is COCCN(CC(=O)Nc1cccc(C#N)c1)Cc1nnc(-c2cccs2)o1. The van der Waals surface area contributed by atoms with Gasteiger partial charge in [0.2, 0.25) is 11.8 Å². The number of carbonyl (C=O) groups is 1. The average molecular weight is 397 g/mol. The summed E-state index contributed by atoms with van der Waals surface area (Å²) in [5.74, 6) is 0.692. The van der Waals surface area contributed by atoms with Gasteiger partial charge in [0.1, 0.15) is 0 Å². The summed E-state index contributed by atoms with van der Waals surface area (Å²) in [5.41, 5.74) is 1.06. The van der Waals surface area contributed by atoms with E-state index in [1.165, 1.54) is 11.3 Å². The Hall–Kier alpha value is -3.06. The zero-order valence-corrected chi connectivity index (χ0v) is 16.1. The molecule has 1 aromatic carbocycles. The Balaban J connectivity index is 1.63. The van der Waals surface area contributed by atoms with Gasteiger partial charge in [-0.05, 0) is 29.6 Å². The van der Waals surface area contributed by atoms with Crippen LogP contribution in [0.1, 0.15) is 11.5 Å². The summed E-state index contributed by atoms with van der Waals surface area (Å²) in [5, 5.41) is 21.8. The van der Waals surface area contributed by atoms with Gasteiger partial charge in [-0.2, -0.15) is 5.26 Å². The average Bonchev–Trinajstić information content (AvgIpc) is 3.38. The largest absolute Gasteiger partial charge is 0.419 e. The van der Waals surface area contributed by atoms with Crippen LogP contribution >= 0.6 is 11.3 Å². The number of carbonyl (C=O) groups excluding carboxylic acids is 1. The minimum absolute atomic E-state index is 0.122. The maximum atomic E-state index is 12.4. The van der Waals surface area contributed by atoms with Crippen LogP contribution in [0.5, 0.6) is 0 Å².